The zero-order valence-electron chi connectivity index (χ0n) is 25.5. The average molecular weight is 715 g/mol. The molecule has 0 aliphatic rings. The number of hydrogen-bond acceptors (Lipinski definition) is 6. The Morgan fingerprint density at radius 3 is 2.26 bits per heavy atom. The van der Waals surface area contributed by atoms with Gasteiger partial charge in [-0.2, -0.15) is 17.9 Å². The average Bonchev–Trinajstić information content (AvgIpc) is 2.99. The molecule has 3 N–H and O–H groups in total. The van der Waals surface area contributed by atoms with E-state index in [1.165, 1.54) is 31.5 Å². The minimum absolute atomic E-state index is 0.0801. The fourth-order valence-electron chi connectivity index (χ4n) is 4.20. The number of para-hydroxylation sites is 1. The highest BCUT2D eigenvalue weighted by Gasteiger charge is 2.38. The van der Waals surface area contributed by atoms with Gasteiger partial charge < -0.3 is 15.2 Å². The van der Waals surface area contributed by atoms with E-state index in [0.717, 1.165) is 23.9 Å². The molecule has 0 unspecified atom stereocenters. The van der Waals surface area contributed by atoms with Crippen LogP contribution in [-0.4, -0.2) is 48.6 Å². The number of pyridine rings is 1. The molecule has 3 aromatic carbocycles. The Labute approximate surface area is 280 Å². The van der Waals surface area contributed by atoms with Crippen molar-refractivity contribution in [2.24, 2.45) is 0 Å². The molecule has 15 heteroatoms. The predicted molar refractivity (Wildman–Crippen MR) is 173 cm³/mol. The second kappa shape index (κ2) is 15.8. The van der Waals surface area contributed by atoms with Gasteiger partial charge in [0, 0.05) is 28.2 Å². The lowest BCUT2D eigenvalue weighted by Gasteiger charge is -2.25. The molecule has 1 amide bonds. The van der Waals surface area contributed by atoms with Crippen LogP contribution in [0.1, 0.15) is 37.1 Å². The van der Waals surface area contributed by atoms with Crippen LogP contribution in [-0.2, 0) is 32.6 Å². The fourth-order valence-corrected chi connectivity index (χ4v) is 6.46. The summed E-state index contributed by atoms with van der Waals surface area (Å²) in [7, 11) is -4.20. The summed E-state index contributed by atoms with van der Waals surface area (Å²) >= 11 is 13.0. The molecule has 0 bridgehead atoms. The Morgan fingerprint density at radius 2 is 1.62 bits per heavy atom. The van der Waals surface area contributed by atoms with Crippen LogP contribution >= 0.6 is 23.2 Å². The van der Waals surface area contributed by atoms with E-state index < -0.39 is 33.6 Å². The minimum Gasteiger partial charge on any atom is -0.487 e. The summed E-state index contributed by atoms with van der Waals surface area (Å²) in [6, 6.07) is 22.1. The van der Waals surface area contributed by atoms with Crippen molar-refractivity contribution in [3.8, 4) is 5.75 Å². The second-order valence-electron chi connectivity index (χ2n) is 10.8. The van der Waals surface area contributed by atoms with Crippen molar-refractivity contribution in [1.82, 2.24) is 15.0 Å². The first-order valence-corrected chi connectivity index (χ1v) is 16.3. The van der Waals surface area contributed by atoms with E-state index in [4.69, 9.17) is 37.8 Å². The third kappa shape index (κ3) is 10.5. The molecule has 0 aliphatic heterocycles. The number of nitrogens with one attached hydrogen (secondary N) is 2. The lowest BCUT2D eigenvalue weighted by Crippen LogP contribution is -2.54. The Kier molecular flexibility index (Phi) is 12.6. The zero-order chi connectivity index (χ0) is 35.0. The lowest BCUT2D eigenvalue weighted by molar-refractivity contribution is -0.192. The molecule has 0 saturated heterocycles. The molecule has 0 radical (unpaired) electrons. The molecule has 0 fully saturated rings. The molecule has 252 valence electrons. The number of benzene rings is 3. The quantitative estimate of drug-likeness (QED) is 0.145. The van der Waals surface area contributed by atoms with Gasteiger partial charge in [0.25, 0.3) is 0 Å². The number of nitrogens with zero attached hydrogens (tertiary/aromatic N) is 1. The van der Waals surface area contributed by atoms with Gasteiger partial charge in [0.05, 0.1) is 5.02 Å². The van der Waals surface area contributed by atoms with Crippen LogP contribution in [0.15, 0.2) is 77.7 Å². The first-order valence-electron chi connectivity index (χ1n) is 14.0. The monoisotopic (exact) mass is 713 g/mol. The van der Waals surface area contributed by atoms with Gasteiger partial charge in [-0.05, 0) is 63.4 Å². The van der Waals surface area contributed by atoms with Crippen molar-refractivity contribution in [3.63, 3.8) is 0 Å². The Balaban J connectivity index is 0.000000771. The van der Waals surface area contributed by atoms with Gasteiger partial charge >= 0.3 is 12.1 Å². The van der Waals surface area contributed by atoms with Crippen molar-refractivity contribution in [2.75, 3.05) is 6.54 Å². The maximum atomic E-state index is 13.4. The van der Waals surface area contributed by atoms with Gasteiger partial charge in [-0.25, -0.2) is 18.2 Å². The van der Waals surface area contributed by atoms with E-state index >= 15 is 0 Å². The summed E-state index contributed by atoms with van der Waals surface area (Å²) in [5.74, 6) is -2.69. The van der Waals surface area contributed by atoms with Gasteiger partial charge in [0.15, 0.2) is 0 Å². The van der Waals surface area contributed by atoms with E-state index in [2.05, 4.69) is 15.0 Å². The van der Waals surface area contributed by atoms with Crippen LogP contribution in [0.4, 0.5) is 13.2 Å². The Morgan fingerprint density at radius 1 is 0.957 bits per heavy atom. The number of halogens is 5. The molecule has 1 aromatic heterocycles. The summed E-state index contributed by atoms with van der Waals surface area (Å²) in [6.45, 7) is 5.21. The molecule has 47 heavy (non-hydrogen) atoms. The molecular weight excluding hydrogens is 682 g/mol. The van der Waals surface area contributed by atoms with Gasteiger partial charge in [-0.1, -0.05) is 71.7 Å². The number of aliphatic carboxylic acids is 1. The summed E-state index contributed by atoms with van der Waals surface area (Å²) in [5, 5.41) is 11.0. The Hall–Kier alpha value is -3.91. The predicted octanol–water partition coefficient (Wildman–Crippen LogP) is 6.87. The third-order valence-electron chi connectivity index (χ3n) is 6.60. The summed E-state index contributed by atoms with van der Waals surface area (Å²) in [4.78, 5) is 26.1. The van der Waals surface area contributed by atoms with Crippen LogP contribution in [0, 0.1) is 6.92 Å². The number of aromatic nitrogens is 1. The van der Waals surface area contributed by atoms with Gasteiger partial charge in [0.2, 0.25) is 15.9 Å². The van der Waals surface area contributed by atoms with E-state index in [1.807, 2.05) is 61.5 Å². The SMILES string of the molecule is Cc1ccc2cccc(OCc3c(Cl)ccc(S(=O)(=O)NC(C)(C)C(=O)NCCCc4ccccc4)c3Cl)c2n1.O=C(O)C(F)(F)F. The van der Waals surface area contributed by atoms with Crippen molar-refractivity contribution in [3.05, 3.63) is 99.7 Å². The lowest BCUT2D eigenvalue weighted by atomic mass is 10.1. The minimum atomic E-state index is -5.08. The maximum Gasteiger partial charge on any atom is 0.490 e. The maximum absolute atomic E-state index is 13.4. The van der Waals surface area contributed by atoms with Crippen LogP contribution in [0.2, 0.25) is 10.0 Å². The van der Waals surface area contributed by atoms with Crippen molar-refractivity contribution in [2.45, 2.75) is 56.8 Å². The van der Waals surface area contributed by atoms with Crippen LogP contribution in [0.5, 0.6) is 5.75 Å². The molecule has 9 nitrogen and oxygen atoms in total. The molecule has 1 heterocycles. The summed E-state index contributed by atoms with van der Waals surface area (Å²) < 4.78 is 67.0. The number of alkyl halides is 3. The first-order chi connectivity index (χ1) is 21.9. The number of aryl methyl sites for hydroxylation is 2. The van der Waals surface area contributed by atoms with Crippen molar-refractivity contribution < 1.29 is 41.0 Å². The second-order valence-corrected chi connectivity index (χ2v) is 13.2. The first kappa shape index (κ1) is 37.5. The number of ether oxygens (including phenoxy) is 1. The smallest absolute Gasteiger partial charge is 0.487 e. The fraction of sp³-hybridized carbons (Fsp3) is 0.281. The highest BCUT2D eigenvalue weighted by molar-refractivity contribution is 7.89. The Bertz CT molecular complexity index is 1840. The number of hydrogen-bond donors (Lipinski definition) is 3. The number of carbonyl (C=O) groups excluding carboxylic acids is 1. The number of sulfonamides is 1. The highest BCUT2D eigenvalue weighted by Crippen LogP contribution is 2.33. The summed E-state index contributed by atoms with van der Waals surface area (Å²) in [6.07, 6.45) is -3.57. The molecule has 4 aromatic rings. The zero-order valence-corrected chi connectivity index (χ0v) is 27.8. The van der Waals surface area contributed by atoms with E-state index in [0.29, 0.717) is 23.4 Å². The number of carboxylic acid groups (broad SMARTS) is 1. The molecule has 0 saturated carbocycles. The molecule has 4 rings (SSSR count). The van der Waals surface area contributed by atoms with Gasteiger partial charge in [0.1, 0.15) is 28.3 Å². The van der Waals surface area contributed by atoms with Crippen LogP contribution in [0.3, 0.4) is 0 Å². The number of amides is 1. The normalized spacial score (nSPS) is 11.8. The van der Waals surface area contributed by atoms with E-state index in [9.17, 15) is 26.4 Å². The number of rotatable bonds is 11. The van der Waals surface area contributed by atoms with Gasteiger partial charge in [-0.3, -0.25) is 4.79 Å². The number of carbonyl (C=O) groups is 2. The van der Waals surface area contributed by atoms with Crippen molar-refractivity contribution in [1.29, 1.82) is 0 Å². The van der Waals surface area contributed by atoms with Crippen LogP contribution < -0.4 is 14.8 Å². The van der Waals surface area contributed by atoms with Crippen molar-refractivity contribution >= 4 is 56.0 Å². The van der Waals surface area contributed by atoms with Crippen LogP contribution in [0.25, 0.3) is 10.9 Å². The molecule has 0 aliphatic carbocycles. The highest BCUT2D eigenvalue weighted by atomic mass is 35.5. The third-order valence-corrected chi connectivity index (χ3v) is 9.20. The largest absolute Gasteiger partial charge is 0.490 e. The summed E-state index contributed by atoms with van der Waals surface area (Å²) in [5.41, 5.74) is 1.55. The van der Waals surface area contributed by atoms with Gasteiger partial charge in [-0.15, -0.1) is 0 Å². The molecule has 0 spiro atoms. The number of fused-ring (bicyclic) bond motifs is 1. The molecular formula is C32H32Cl2F3N3O6S. The standard InChI is InChI=1S/C30H31Cl2N3O4S.C2HF3O2/c1-20-14-15-22-12-7-13-25(28(22)34-20)39-19-23-24(31)16-17-26(27(23)32)40(37,38)35-30(2,3)29(36)33-18-8-11-21-9-5-4-6-10-21;3-2(4,5)1(6)7/h4-7,9-10,12-17,35H,8,11,18-19H2,1-3H3,(H,33,36);(H,6,7). The number of carboxylic acids is 1. The topological polar surface area (TPSA) is 135 Å². The molecule has 0 atom stereocenters. The van der Waals surface area contributed by atoms with E-state index in [1.54, 1.807) is 6.07 Å². The van der Waals surface area contributed by atoms with E-state index in [-0.39, 0.29) is 21.5 Å².